The van der Waals surface area contributed by atoms with E-state index in [-0.39, 0.29) is 58.2 Å². The SMILES string of the molecule is O=C1C(=Nc2nc3c4nsnc4c4nc(N=C5C(=O)C6CCCCC6C5=O)sc4c3s2)C(=O)C2CCCCC12. The Balaban J connectivity index is 1.25. The van der Waals surface area contributed by atoms with E-state index in [9.17, 15) is 19.2 Å². The lowest BCUT2D eigenvalue weighted by atomic mass is 9.81. The lowest BCUT2D eigenvalue weighted by Crippen LogP contribution is -2.21. The first-order valence-corrected chi connectivity index (χ1v) is 15.6. The molecule has 4 saturated carbocycles. The van der Waals surface area contributed by atoms with Gasteiger partial charge in [0.25, 0.3) is 0 Å². The Hall–Kier alpha value is -3.16. The van der Waals surface area contributed by atoms with Crippen LogP contribution in [0.25, 0.3) is 31.5 Å². The largest absolute Gasteiger partial charge is 0.292 e. The lowest BCUT2D eigenvalue weighted by molar-refractivity contribution is -0.120. The van der Waals surface area contributed by atoms with Crippen LogP contribution in [0.5, 0.6) is 0 Å². The van der Waals surface area contributed by atoms with Gasteiger partial charge in [-0.1, -0.05) is 48.4 Å². The molecule has 0 radical (unpaired) electrons. The van der Waals surface area contributed by atoms with Crippen molar-refractivity contribution in [3.05, 3.63) is 0 Å². The molecule has 4 fully saturated rings. The van der Waals surface area contributed by atoms with Gasteiger partial charge in [-0.25, -0.2) is 20.0 Å². The summed E-state index contributed by atoms with van der Waals surface area (Å²) in [4.78, 5) is 70.3. The third-order valence-corrected chi connectivity index (χ3v) is 11.2. The Morgan fingerprint density at radius 3 is 1.26 bits per heavy atom. The summed E-state index contributed by atoms with van der Waals surface area (Å²) in [6, 6.07) is 0. The van der Waals surface area contributed by atoms with E-state index in [1.165, 1.54) is 22.7 Å². The third-order valence-electron chi connectivity index (χ3n) is 8.60. The standard InChI is InChI=1S/C26H20N6O4S3/c33-19-9-5-1-2-6-10(9)20(34)17(19)29-25-27-15-13-14(32-39-31-13)16-24(23(15)37-25)38-26(28-16)30-18-21(35)11-7-3-4-8-12(11)22(18)36/h9-12H,1-8H2. The molecule has 4 unspecified atom stereocenters. The van der Waals surface area contributed by atoms with Crippen molar-refractivity contribution >= 4 is 111 Å². The summed E-state index contributed by atoms with van der Waals surface area (Å²) < 4.78 is 10.4. The van der Waals surface area contributed by atoms with Gasteiger partial charge in [0.05, 0.1) is 21.1 Å². The van der Waals surface area contributed by atoms with Crippen molar-refractivity contribution in [2.75, 3.05) is 0 Å². The van der Waals surface area contributed by atoms with E-state index in [2.05, 4.69) is 28.7 Å². The molecule has 1 aromatic carbocycles. The number of rotatable bonds is 2. The number of carbonyl (C=O) groups is 4. The van der Waals surface area contributed by atoms with Gasteiger partial charge in [0.15, 0.2) is 34.6 Å². The van der Waals surface area contributed by atoms with Crippen LogP contribution in [-0.2, 0) is 19.2 Å². The number of hydrogen-bond donors (Lipinski definition) is 0. The summed E-state index contributed by atoms with van der Waals surface area (Å²) >= 11 is 3.57. The molecule has 196 valence electrons. The van der Waals surface area contributed by atoms with Crippen LogP contribution in [0.3, 0.4) is 0 Å². The van der Waals surface area contributed by atoms with Crippen molar-refractivity contribution in [3.8, 4) is 0 Å². The molecule has 4 atom stereocenters. The second-order valence-electron chi connectivity index (χ2n) is 10.7. The molecule has 8 rings (SSSR count). The minimum atomic E-state index is -0.256. The smallest absolute Gasteiger partial charge is 0.211 e. The minimum Gasteiger partial charge on any atom is -0.292 e. The van der Waals surface area contributed by atoms with Crippen molar-refractivity contribution in [2.45, 2.75) is 51.4 Å². The maximum atomic E-state index is 13.0. The first-order chi connectivity index (χ1) is 19.0. The molecule has 0 saturated heterocycles. The van der Waals surface area contributed by atoms with Crippen molar-refractivity contribution in [3.63, 3.8) is 0 Å². The Bertz CT molecular complexity index is 1670. The highest BCUT2D eigenvalue weighted by Crippen LogP contribution is 2.45. The van der Waals surface area contributed by atoms with Crippen LogP contribution < -0.4 is 0 Å². The van der Waals surface area contributed by atoms with Crippen molar-refractivity contribution < 1.29 is 19.2 Å². The van der Waals surface area contributed by atoms with Gasteiger partial charge < -0.3 is 0 Å². The highest BCUT2D eigenvalue weighted by atomic mass is 32.1. The number of benzene rings is 1. The van der Waals surface area contributed by atoms with E-state index in [1.807, 2.05) is 0 Å². The van der Waals surface area contributed by atoms with Crippen LogP contribution in [0.2, 0.25) is 0 Å². The monoisotopic (exact) mass is 576 g/mol. The highest BCUT2D eigenvalue weighted by molar-refractivity contribution is 7.30. The van der Waals surface area contributed by atoms with Crippen LogP contribution in [0.1, 0.15) is 51.4 Å². The number of hydrogen-bond acceptors (Lipinski definition) is 13. The quantitative estimate of drug-likeness (QED) is 0.325. The molecule has 0 bridgehead atoms. The predicted molar refractivity (Wildman–Crippen MR) is 149 cm³/mol. The van der Waals surface area contributed by atoms with Gasteiger partial charge in [-0.2, -0.15) is 8.75 Å². The van der Waals surface area contributed by atoms with Crippen molar-refractivity contribution in [1.82, 2.24) is 18.7 Å². The minimum absolute atomic E-state index is 0.00552. The molecule has 4 aliphatic rings. The molecule has 0 aliphatic heterocycles. The third kappa shape index (κ3) is 3.42. The molecular weight excluding hydrogens is 557 g/mol. The van der Waals surface area contributed by atoms with Gasteiger partial charge in [-0.3, -0.25) is 19.2 Å². The average Bonchev–Trinajstić information content (AvgIpc) is 3.76. The molecule has 39 heavy (non-hydrogen) atoms. The Morgan fingerprint density at radius 2 is 0.897 bits per heavy atom. The average molecular weight is 577 g/mol. The first kappa shape index (κ1) is 23.7. The zero-order valence-corrected chi connectivity index (χ0v) is 23.0. The molecule has 13 heteroatoms. The fraction of sp³-hybridized carbons (Fsp3) is 0.462. The fourth-order valence-corrected chi connectivity index (χ4v) is 9.29. The van der Waals surface area contributed by atoms with Gasteiger partial charge >= 0.3 is 0 Å². The first-order valence-electron chi connectivity index (χ1n) is 13.2. The number of thiazole rings is 2. The van der Waals surface area contributed by atoms with E-state index < -0.39 is 0 Å². The van der Waals surface area contributed by atoms with Gasteiger partial charge in [0.1, 0.15) is 22.1 Å². The summed E-state index contributed by atoms with van der Waals surface area (Å²) in [5.41, 5.74) is 2.29. The summed E-state index contributed by atoms with van der Waals surface area (Å²) in [6.45, 7) is 0. The van der Waals surface area contributed by atoms with E-state index in [0.717, 1.165) is 72.5 Å². The Labute approximate surface area is 233 Å². The second kappa shape index (κ2) is 8.67. The van der Waals surface area contributed by atoms with Crippen LogP contribution in [-0.4, -0.2) is 53.3 Å². The highest BCUT2D eigenvalue weighted by Gasteiger charge is 2.48. The van der Waals surface area contributed by atoms with Crippen LogP contribution in [0.15, 0.2) is 9.98 Å². The number of ketones is 4. The zero-order chi connectivity index (χ0) is 26.4. The Kier molecular flexibility index (Phi) is 5.27. The molecule has 0 spiro atoms. The number of aliphatic imine (C=N–C) groups is 2. The van der Waals surface area contributed by atoms with Crippen molar-refractivity contribution in [2.24, 2.45) is 33.7 Å². The number of nitrogens with zero attached hydrogens (tertiary/aromatic N) is 6. The number of Topliss-reactive ketones (excluding diaryl/α,β-unsaturated/α-hetero) is 4. The molecule has 3 aromatic heterocycles. The predicted octanol–water partition coefficient (Wildman–Crippen LogP) is 4.97. The molecule has 3 heterocycles. The van der Waals surface area contributed by atoms with E-state index in [0.29, 0.717) is 32.3 Å². The summed E-state index contributed by atoms with van der Waals surface area (Å²) in [5.74, 6) is -1.70. The fourth-order valence-electron chi connectivity index (χ4n) is 6.72. The maximum absolute atomic E-state index is 13.0. The normalized spacial score (nSPS) is 27.3. The van der Waals surface area contributed by atoms with Gasteiger partial charge in [-0.15, -0.1) is 0 Å². The summed E-state index contributed by atoms with van der Waals surface area (Å²) in [5, 5.41) is 0.627. The molecule has 0 amide bonds. The molecule has 4 aliphatic carbocycles. The molecule has 4 aromatic rings. The van der Waals surface area contributed by atoms with Gasteiger partial charge in [0, 0.05) is 23.7 Å². The van der Waals surface area contributed by atoms with Crippen molar-refractivity contribution in [1.29, 1.82) is 0 Å². The molecule has 10 nitrogen and oxygen atoms in total. The second-order valence-corrected chi connectivity index (χ2v) is 13.2. The van der Waals surface area contributed by atoms with Crippen LogP contribution in [0, 0.1) is 23.7 Å². The molecule has 0 N–H and O–H groups in total. The number of fused-ring (bicyclic) bond motifs is 8. The van der Waals surface area contributed by atoms with E-state index in [1.54, 1.807) is 0 Å². The van der Waals surface area contributed by atoms with Gasteiger partial charge in [-0.05, 0) is 25.7 Å². The van der Waals surface area contributed by atoms with Crippen LogP contribution in [0.4, 0.5) is 10.3 Å². The Morgan fingerprint density at radius 1 is 0.538 bits per heavy atom. The maximum Gasteiger partial charge on any atom is 0.211 e. The zero-order valence-electron chi connectivity index (χ0n) is 20.5. The van der Waals surface area contributed by atoms with E-state index in [4.69, 9.17) is 0 Å². The molecular formula is C26H20N6O4S3. The topological polar surface area (TPSA) is 145 Å². The lowest BCUT2D eigenvalue weighted by Gasteiger charge is -2.20. The summed E-state index contributed by atoms with van der Waals surface area (Å²) in [7, 11) is 0. The van der Waals surface area contributed by atoms with Gasteiger partial charge in [0.2, 0.25) is 10.3 Å². The number of aromatic nitrogens is 4. The van der Waals surface area contributed by atoms with Crippen LogP contribution >= 0.6 is 34.4 Å². The van der Waals surface area contributed by atoms with E-state index >= 15 is 0 Å². The summed E-state index contributed by atoms with van der Waals surface area (Å²) in [6.07, 6.45) is 6.76. The number of carbonyl (C=O) groups excluding carboxylic acids is 4.